The highest BCUT2D eigenvalue weighted by molar-refractivity contribution is 5.97. The number of halogens is 2. The number of hydrogen-bond acceptors (Lipinski definition) is 2. The summed E-state index contributed by atoms with van der Waals surface area (Å²) >= 11 is 0. The van der Waals surface area contributed by atoms with Crippen LogP contribution in [-0.4, -0.2) is 0 Å². The van der Waals surface area contributed by atoms with E-state index < -0.39 is 0 Å². The summed E-state index contributed by atoms with van der Waals surface area (Å²) in [6, 6.07) is 51.0. The lowest BCUT2D eigenvalue weighted by atomic mass is 9.81. The number of fused-ring (bicyclic) bond motifs is 4. The first-order valence-electron chi connectivity index (χ1n) is 15.8. The molecule has 0 radical (unpaired) electrons. The fraction of sp³-hybridized carbons (Fsp3) is 0.0698. The Kier molecular flexibility index (Phi) is 6.87. The highest BCUT2D eigenvalue weighted by Gasteiger charge is 2.36. The van der Waals surface area contributed by atoms with Gasteiger partial charge in [0, 0.05) is 28.2 Å². The molecule has 0 fully saturated rings. The van der Waals surface area contributed by atoms with Crippen LogP contribution in [0, 0.1) is 11.6 Å². The Labute approximate surface area is 273 Å². The number of para-hydroxylation sites is 4. The molecule has 0 heterocycles. The van der Waals surface area contributed by atoms with Crippen LogP contribution in [0.1, 0.15) is 25.0 Å². The lowest BCUT2D eigenvalue weighted by molar-refractivity contribution is 0.628. The van der Waals surface area contributed by atoms with Gasteiger partial charge in [0.2, 0.25) is 0 Å². The van der Waals surface area contributed by atoms with Crippen LogP contribution >= 0.6 is 0 Å². The van der Waals surface area contributed by atoms with Gasteiger partial charge in [-0.1, -0.05) is 86.6 Å². The SMILES string of the molecule is CC1(C)c2cc(N(c3ccccc3)c3ccccc3F)ccc2-c2cc3ccc(N(c4ccccc4)c4ccccc4F)cc3cc21. The molecule has 7 aromatic carbocycles. The molecule has 0 aromatic heterocycles. The molecular formula is C43H32F2N2. The first-order valence-corrected chi connectivity index (χ1v) is 15.8. The number of rotatable bonds is 6. The summed E-state index contributed by atoms with van der Waals surface area (Å²) in [6.45, 7) is 4.51. The lowest BCUT2D eigenvalue weighted by Gasteiger charge is -2.28. The van der Waals surface area contributed by atoms with E-state index in [9.17, 15) is 0 Å². The van der Waals surface area contributed by atoms with Crippen LogP contribution < -0.4 is 9.80 Å². The van der Waals surface area contributed by atoms with E-state index in [1.165, 1.54) is 34.4 Å². The van der Waals surface area contributed by atoms with Crippen LogP contribution in [0.25, 0.3) is 21.9 Å². The van der Waals surface area contributed by atoms with Crippen LogP contribution in [-0.2, 0) is 5.41 Å². The summed E-state index contributed by atoms with van der Waals surface area (Å²) in [5.41, 5.74) is 9.04. The fourth-order valence-corrected chi connectivity index (χ4v) is 7.01. The van der Waals surface area contributed by atoms with Gasteiger partial charge >= 0.3 is 0 Å². The summed E-state index contributed by atoms with van der Waals surface area (Å²) in [6.07, 6.45) is 0. The molecule has 0 aliphatic heterocycles. The highest BCUT2D eigenvalue weighted by atomic mass is 19.1. The Morgan fingerprint density at radius 2 is 0.894 bits per heavy atom. The second kappa shape index (κ2) is 11.3. The van der Waals surface area contributed by atoms with Crippen LogP contribution in [0.15, 0.2) is 158 Å². The summed E-state index contributed by atoms with van der Waals surface area (Å²) in [5, 5.41) is 2.19. The molecule has 0 saturated heterocycles. The minimum atomic E-state index is -0.312. The Morgan fingerprint density at radius 1 is 0.404 bits per heavy atom. The predicted molar refractivity (Wildman–Crippen MR) is 191 cm³/mol. The average Bonchev–Trinajstić information content (AvgIpc) is 3.31. The van der Waals surface area contributed by atoms with Gasteiger partial charge < -0.3 is 9.80 Å². The average molecular weight is 615 g/mol. The zero-order valence-corrected chi connectivity index (χ0v) is 26.2. The molecule has 228 valence electrons. The quantitative estimate of drug-likeness (QED) is 0.184. The van der Waals surface area contributed by atoms with E-state index in [1.807, 2.05) is 94.7 Å². The first-order chi connectivity index (χ1) is 22.9. The van der Waals surface area contributed by atoms with Crippen molar-refractivity contribution in [3.05, 3.63) is 180 Å². The Balaban J connectivity index is 1.25. The van der Waals surface area contributed by atoms with E-state index in [1.54, 1.807) is 12.1 Å². The molecule has 2 nitrogen and oxygen atoms in total. The number of nitrogens with zero attached hydrogens (tertiary/aromatic N) is 2. The van der Waals surface area contributed by atoms with E-state index in [2.05, 4.69) is 62.4 Å². The molecule has 8 rings (SSSR count). The van der Waals surface area contributed by atoms with Crippen molar-refractivity contribution in [2.45, 2.75) is 19.3 Å². The van der Waals surface area contributed by atoms with Gasteiger partial charge in [-0.05, 0) is 118 Å². The Morgan fingerprint density at radius 3 is 1.47 bits per heavy atom. The van der Waals surface area contributed by atoms with Crippen molar-refractivity contribution in [2.24, 2.45) is 0 Å². The second-order valence-electron chi connectivity index (χ2n) is 12.5. The van der Waals surface area contributed by atoms with E-state index in [-0.39, 0.29) is 17.0 Å². The maximum absolute atomic E-state index is 15.3. The van der Waals surface area contributed by atoms with Gasteiger partial charge in [-0.2, -0.15) is 0 Å². The van der Waals surface area contributed by atoms with Crippen molar-refractivity contribution in [3.8, 4) is 11.1 Å². The van der Waals surface area contributed by atoms with Gasteiger partial charge in [0.25, 0.3) is 0 Å². The number of hydrogen-bond donors (Lipinski definition) is 0. The predicted octanol–water partition coefficient (Wildman–Crippen LogP) is 12.4. The van der Waals surface area contributed by atoms with Crippen LogP contribution in [0.5, 0.6) is 0 Å². The molecule has 0 bridgehead atoms. The van der Waals surface area contributed by atoms with E-state index in [4.69, 9.17) is 0 Å². The van der Waals surface area contributed by atoms with Crippen molar-refractivity contribution < 1.29 is 8.78 Å². The molecule has 0 atom stereocenters. The summed E-state index contributed by atoms with van der Waals surface area (Å²) in [7, 11) is 0. The van der Waals surface area contributed by atoms with Crippen molar-refractivity contribution in [2.75, 3.05) is 9.80 Å². The summed E-state index contributed by atoms with van der Waals surface area (Å²) in [4.78, 5) is 3.95. The van der Waals surface area contributed by atoms with Gasteiger partial charge in [0.1, 0.15) is 11.6 Å². The molecule has 4 heteroatoms. The van der Waals surface area contributed by atoms with Crippen molar-refractivity contribution >= 4 is 44.9 Å². The summed E-state index contributed by atoms with van der Waals surface area (Å²) < 4.78 is 30.5. The Bertz CT molecular complexity index is 2260. The molecule has 0 saturated carbocycles. The van der Waals surface area contributed by atoms with E-state index in [0.717, 1.165) is 33.5 Å². The maximum Gasteiger partial charge on any atom is 0.147 e. The van der Waals surface area contributed by atoms with Gasteiger partial charge in [0.05, 0.1) is 11.4 Å². The third-order valence-electron chi connectivity index (χ3n) is 9.33. The minimum absolute atomic E-state index is 0.276. The highest BCUT2D eigenvalue weighted by Crippen LogP contribution is 2.52. The topological polar surface area (TPSA) is 6.48 Å². The van der Waals surface area contributed by atoms with Gasteiger partial charge in [-0.25, -0.2) is 8.78 Å². The van der Waals surface area contributed by atoms with Gasteiger partial charge in [-0.3, -0.25) is 0 Å². The third-order valence-corrected chi connectivity index (χ3v) is 9.33. The molecule has 0 N–H and O–H groups in total. The molecular weight excluding hydrogens is 582 g/mol. The minimum Gasteiger partial charge on any atom is -0.308 e. The molecule has 1 aliphatic carbocycles. The van der Waals surface area contributed by atoms with Crippen LogP contribution in [0.3, 0.4) is 0 Å². The summed E-state index contributed by atoms with van der Waals surface area (Å²) in [5.74, 6) is -0.556. The number of benzene rings is 7. The second-order valence-corrected chi connectivity index (χ2v) is 12.5. The van der Waals surface area contributed by atoms with Crippen molar-refractivity contribution in [1.82, 2.24) is 0 Å². The fourth-order valence-electron chi connectivity index (χ4n) is 7.01. The zero-order chi connectivity index (χ0) is 32.1. The molecule has 7 aromatic rings. The largest absolute Gasteiger partial charge is 0.308 e. The molecule has 47 heavy (non-hydrogen) atoms. The Hall–Kier alpha value is -5.74. The van der Waals surface area contributed by atoms with Crippen molar-refractivity contribution in [3.63, 3.8) is 0 Å². The van der Waals surface area contributed by atoms with Crippen LogP contribution in [0.2, 0.25) is 0 Å². The van der Waals surface area contributed by atoms with Crippen LogP contribution in [0.4, 0.5) is 42.9 Å². The molecule has 0 spiro atoms. The van der Waals surface area contributed by atoms with Gasteiger partial charge in [-0.15, -0.1) is 0 Å². The standard InChI is InChI=1S/C43H32F2N2/c1-43(2)37-27-30-25-33(46(31-13-5-3-6-14-31)41-19-11-9-17-39(41)44)22-21-29(30)26-36(37)35-24-23-34(28-38(35)43)47(32-15-7-4-8-16-32)42-20-12-10-18-40(42)45/h3-28H,1-2H3. The van der Waals surface area contributed by atoms with E-state index in [0.29, 0.717) is 11.4 Å². The van der Waals surface area contributed by atoms with Gasteiger partial charge in [0.15, 0.2) is 0 Å². The third kappa shape index (κ3) is 4.85. The molecule has 0 amide bonds. The lowest BCUT2D eigenvalue weighted by Crippen LogP contribution is -2.17. The normalized spacial score (nSPS) is 12.9. The first kappa shape index (κ1) is 28.7. The molecule has 1 aliphatic rings. The monoisotopic (exact) mass is 614 g/mol. The smallest absolute Gasteiger partial charge is 0.147 e. The van der Waals surface area contributed by atoms with E-state index >= 15 is 8.78 Å². The van der Waals surface area contributed by atoms with Crippen molar-refractivity contribution in [1.29, 1.82) is 0 Å². The number of anilines is 6. The maximum atomic E-state index is 15.3. The zero-order valence-electron chi connectivity index (χ0n) is 26.2. The molecule has 0 unspecified atom stereocenters.